The first-order chi connectivity index (χ1) is 14.5. The number of nitro groups is 1. The topological polar surface area (TPSA) is 83.8 Å². The predicted octanol–water partition coefficient (Wildman–Crippen LogP) is 3.67. The number of benzene rings is 2. The number of aryl methyl sites for hydroxylation is 1. The number of piperidine rings is 1. The predicted molar refractivity (Wildman–Crippen MR) is 112 cm³/mol. The van der Waals surface area contributed by atoms with Crippen LogP contribution in [0.25, 0.3) is 5.57 Å². The van der Waals surface area contributed by atoms with Gasteiger partial charge in [-0.15, -0.1) is 0 Å². The molecule has 2 aliphatic heterocycles. The molecule has 1 saturated heterocycles. The van der Waals surface area contributed by atoms with Crippen LogP contribution in [0.15, 0.2) is 54.2 Å². The maximum Gasteiger partial charge on any atom is 0.278 e. The Kier molecular flexibility index (Phi) is 5.35. The molecule has 2 amide bonds. The van der Waals surface area contributed by atoms with E-state index in [0.717, 1.165) is 43.5 Å². The highest BCUT2D eigenvalue weighted by atomic mass is 16.6. The molecule has 4 rings (SSSR count). The molecule has 0 saturated carbocycles. The summed E-state index contributed by atoms with van der Waals surface area (Å²) in [6.45, 7) is 3.64. The summed E-state index contributed by atoms with van der Waals surface area (Å²) in [5.74, 6) is -0.647. The van der Waals surface area contributed by atoms with Crippen LogP contribution >= 0.6 is 0 Å². The van der Waals surface area contributed by atoms with Crippen LogP contribution in [-0.4, -0.2) is 39.6 Å². The molecular formula is C23H23N3O4. The Morgan fingerprint density at radius 1 is 0.900 bits per heavy atom. The third-order valence-corrected chi connectivity index (χ3v) is 5.64. The molecule has 0 aliphatic carbocycles. The summed E-state index contributed by atoms with van der Waals surface area (Å²) in [5, 5.41) is 11.0. The van der Waals surface area contributed by atoms with Crippen LogP contribution in [-0.2, 0) is 16.1 Å². The van der Waals surface area contributed by atoms with Crippen molar-refractivity contribution in [2.75, 3.05) is 13.1 Å². The molecule has 0 bridgehead atoms. The minimum atomic E-state index is -0.477. The van der Waals surface area contributed by atoms with Crippen molar-refractivity contribution in [3.63, 3.8) is 0 Å². The van der Waals surface area contributed by atoms with Gasteiger partial charge in [-0.25, -0.2) is 0 Å². The summed E-state index contributed by atoms with van der Waals surface area (Å²) in [5.41, 5.74) is 3.23. The van der Waals surface area contributed by atoms with E-state index in [1.54, 1.807) is 12.1 Å². The van der Waals surface area contributed by atoms with Crippen molar-refractivity contribution in [2.24, 2.45) is 0 Å². The number of hydrogen-bond acceptors (Lipinski definition) is 5. The number of carbonyl (C=O) groups excluding carboxylic acids is 2. The average molecular weight is 405 g/mol. The van der Waals surface area contributed by atoms with Crippen molar-refractivity contribution in [3.05, 3.63) is 81.0 Å². The average Bonchev–Trinajstić information content (AvgIpc) is 3.00. The summed E-state index contributed by atoms with van der Waals surface area (Å²) in [6, 6.07) is 13.6. The van der Waals surface area contributed by atoms with Crippen LogP contribution in [0.5, 0.6) is 0 Å². The van der Waals surface area contributed by atoms with Crippen molar-refractivity contribution < 1.29 is 14.5 Å². The van der Waals surface area contributed by atoms with Crippen LogP contribution in [0.4, 0.5) is 5.69 Å². The lowest BCUT2D eigenvalue weighted by Crippen LogP contribution is -2.36. The van der Waals surface area contributed by atoms with Crippen LogP contribution in [0, 0.1) is 17.0 Å². The third kappa shape index (κ3) is 3.70. The summed E-state index contributed by atoms with van der Waals surface area (Å²) < 4.78 is 0. The lowest BCUT2D eigenvalue weighted by atomic mass is 10.0. The summed E-state index contributed by atoms with van der Waals surface area (Å²) >= 11 is 0. The molecule has 30 heavy (non-hydrogen) atoms. The number of hydrogen-bond donors (Lipinski definition) is 0. The SMILES string of the molecule is Cc1ccc(CN2C(=O)C(c3ccc([N+](=O)[O-])cc3)=C(N3CCCCC3)C2=O)cc1. The van der Waals surface area contributed by atoms with Gasteiger partial charge in [0.15, 0.2) is 0 Å². The fraction of sp³-hybridized carbons (Fsp3) is 0.304. The van der Waals surface area contributed by atoms with E-state index in [2.05, 4.69) is 0 Å². The number of nitro benzene ring substituents is 1. The van der Waals surface area contributed by atoms with Gasteiger partial charge in [0.05, 0.1) is 17.0 Å². The molecule has 154 valence electrons. The molecule has 0 radical (unpaired) electrons. The Morgan fingerprint density at radius 2 is 1.53 bits per heavy atom. The van der Waals surface area contributed by atoms with E-state index in [-0.39, 0.29) is 24.0 Å². The summed E-state index contributed by atoms with van der Waals surface area (Å²) in [7, 11) is 0. The van der Waals surface area contributed by atoms with E-state index in [0.29, 0.717) is 16.8 Å². The van der Waals surface area contributed by atoms with E-state index in [9.17, 15) is 19.7 Å². The number of carbonyl (C=O) groups is 2. The lowest BCUT2D eigenvalue weighted by molar-refractivity contribution is -0.384. The van der Waals surface area contributed by atoms with Gasteiger partial charge in [0, 0.05) is 25.2 Å². The molecular weight excluding hydrogens is 382 g/mol. The van der Waals surface area contributed by atoms with Gasteiger partial charge in [0.2, 0.25) is 0 Å². The Hall–Kier alpha value is -3.48. The van der Waals surface area contributed by atoms with Gasteiger partial charge < -0.3 is 4.90 Å². The highest BCUT2D eigenvalue weighted by Gasteiger charge is 2.41. The van der Waals surface area contributed by atoms with Gasteiger partial charge in [-0.05, 0) is 49.4 Å². The zero-order valence-electron chi connectivity index (χ0n) is 16.8. The minimum Gasteiger partial charge on any atom is -0.366 e. The van der Waals surface area contributed by atoms with E-state index in [1.165, 1.54) is 17.0 Å². The normalized spacial score (nSPS) is 17.1. The van der Waals surface area contributed by atoms with Gasteiger partial charge in [0.25, 0.3) is 17.5 Å². The first-order valence-corrected chi connectivity index (χ1v) is 10.1. The second kappa shape index (κ2) is 8.10. The number of rotatable bonds is 5. The van der Waals surface area contributed by atoms with Gasteiger partial charge >= 0.3 is 0 Å². The van der Waals surface area contributed by atoms with E-state index >= 15 is 0 Å². The second-order valence-corrected chi connectivity index (χ2v) is 7.76. The van der Waals surface area contributed by atoms with Crippen molar-refractivity contribution in [1.29, 1.82) is 0 Å². The molecule has 2 aromatic carbocycles. The zero-order valence-corrected chi connectivity index (χ0v) is 16.8. The summed E-state index contributed by atoms with van der Waals surface area (Å²) in [6.07, 6.45) is 3.04. The van der Waals surface area contributed by atoms with Gasteiger partial charge in [-0.2, -0.15) is 0 Å². The Balaban J connectivity index is 1.72. The van der Waals surface area contributed by atoms with Gasteiger partial charge in [-0.1, -0.05) is 29.8 Å². The van der Waals surface area contributed by atoms with Crippen molar-refractivity contribution in [1.82, 2.24) is 9.80 Å². The monoisotopic (exact) mass is 405 g/mol. The first-order valence-electron chi connectivity index (χ1n) is 10.1. The number of amides is 2. The molecule has 2 heterocycles. The van der Waals surface area contributed by atoms with E-state index in [4.69, 9.17) is 0 Å². The number of likely N-dealkylation sites (tertiary alicyclic amines) is 1. The highest BCUT2D eigenvalue weighted by Crippen LogP contribution is 2.34. The van der Waals surface area contributed by atoms with Gasteiger partial charge in [0.1, 0.15) is 5.70 Å². The standard InChI is InChI=1S/C23H23N3O4/c1-16-5-7-17(8-6-16)15-25-22(27)20(18-9-11-19(12-10-18)26(29)30)21(23(25)28)24-13-3-2-4-14-24/h5-12H,2-4,13-15H2,1H3. The van der Waals surface area contributed by atoms with Gasteiger partial charge in [-0.3, -0.25) is 24.6 Å². The Bertz CT molecular complexity index is 1020. The highest BCUT2D eigenvalue weighted by molar-refractivity contribution is 6.35. The molecule has 2 aromatic rings. The summed E-state index contributed by atoms with van der Waals surface area (Å²) in [4.78, 5) is 40.5. The fourth-order valence-electron chi connectivity index (χ4n) is 4.00. The van der Waals surface area contributed by atoms with Crippen LogP contribution < -0.4 is 0 Å². The first kappa shape index (κ1) is 19.8. The molecule has 1 fully saturated rings. The van der Waals surface area contributed by atoms with Crippen molar-refractivity contribution in [2.45, 2.75) is 32.7 Å². The van der Waals surface area contributed by atoms with E-state index in [1.807, 2.05) is 36.1 Å². The van der Waals surface area contributed by atoms with Crippen molar-refractivity contribution >= 4 is 23.1 Å². The Labute approximate surface area is 174 Å². The number of nitrogens with zero attached hydrogens (tertiary/aromatic N) is 3. The van der Waals surface area contributed by atoms with Crippen LogP contribution in [0.2, 0.25) is 0 Å². The van der Waals surface area contributed by atoms with Crippen LogP contribution in [0.1, 0.15) is 36.0 Å². The minimum absolute atomic E-state index is 0.0489. The smallest absolute Gasteiger partial charge is 0.278 e. The molecule has 7 heteroatoms. The molecule has 0 spiro atoms. The quantitative estimate of drug-likeness (QED) is 0.431. The Morgan fingerprint density at radius 3 is 2.13 bits per heavy atom. The third-order valence-electron chi connectivity index (χ3n) is 5.64. The number of non-ortho nitro benzene ring substituents is 1. The number of imide groups is 1. The molecule has 0 unspecified atom stereocenters. The molecule has 2 aliphatic rings. The van der Waals surface area contributed by atoms with Crippen molar-refractivity contribution in [3.8, 4) is 0 Å². The molecule has 7 nitrogen and oxygen atoms in total. The molecule has 0 aromatic heterocycles. The molecule has 0 N–H and O–H groups in total. The maximum atomic E-state index is 13.3. The van der Waals surface area contributed by atoms with Crippen LogP contribution in [0.3, 0.4) is 0 Å². The maximum absolute atomic E-state index is 13.3. The second-order valence-electron chi connectivity index (χ2n) is 7.76. The zero-order chi connectivity index (χ0) is 21.3. The fourth-order valence-corrected chi connectivity index (χ4v) is 4.00. The largest absolute Gasteiger partial charge is 0.366 e. The van der Waals surface area contributed by atoms with E-state index < -0.39 is 4.92 Å². The molecule has 0 atom stereocenters. The lowest BCUT2D eigenvalue weighted by Gasteiger charge is -2.29.